The summed E-state index contributed by atoms with van der Waals surface area (Å²) in [7, 11) is 0. The number of benzene rings is 1. The Morgan fingerprint density at radius 3 is 2.73 bits per heavy atom. The van der Waals surface area contributed by atoms with Crippen molar-refractivity contribution in [3.63, 3.8) is 0 Å². The zero-order valence-corrected chi connectivity index (χ0v) is 14.5. The summed E-state index contributed by atoms with van der Waals surface area (Å²) >= 11 is 1.51. The summed E-state index contributed by atoms with van der Waals surface area (Å²) in [6, 6.07) is 13.3. The number of aryl methyl sites for hydroxylation is 1. The van der Waals surface area contributed by atoms with Gasteiger partial charge < -0.3 is 9.26 Å². The zero-order chi connectivity index (χ0) is 17.9. The van der Waals surface area contributed by atoms with Gasteiger partial charge in [0.1, 0.15) is 0 Å². The van der Waals surface area contributed by atoms with E-state index in [2.05, 4.69) is 20.2 Å². The molecule has 130 valence electrons. The minimum Gasteiger partial charge on any atom is -0.450 e. The summed E-state index contributed by atoms with van der Waals surface area (Å²) in [4.78, 5) is 21.6. The molecule has 0 bridgehead atoms. The highest BCUT2D eigenvalue weighted by Crippen LogP contribution is 2.25. The average molecular weight is 367 g/mol. The first-order valence-electron chi connectivity index (χ1n) is 7.73. The first kappa shape index (κ1) is 16.2. The third-order valence-corrected chi connectivity index (χ3v) is 4.29. The number of hydrogen-bond acceptors (Lipinski definition) is 8. The molecule has 8 nitrogen and oxygen atoms in total. The van der Waals surface area contributed by atoms with Crippen LogP contribution in [-0.4, -0.2) is 30.9 Å². The Bertz CT molecular complexity index is 1020. The molecule has 0 radical (unpaired) electrons. The van der Waals surface area contributed by atoms with Crippen molar-refractivity contribution in [2.24, 2.45) is 0 Å². The molecule has 4 rings (SSSR count). The predicted octanol–water partition coefficient (Wildman–Crippen LogP) is 3.04. The monoisotopic (exact) mass is 367 g/mol. The van der Waals surface area contributed by atoms with E-state index in [1.54, 1.807) is 11.6 Å². The van der Waals surface area contributed by atoms with E-state index in [9.17, 15) is 4.79 Å². The SMILES string of the molecule is Cc1noc(COC(=O)c2nc(-c3cccs3)n(-c3ccccc3)n2)n1. The van der Waals surface area contributed by atoms with Crippen LogP contribution >= 0.6 is 11.3 Å². The molecule has 0 saturated heterocycles. The maximum Gasteiger partial charge on any atom is 0.378 e. The van der Waals surface area contributed by atoms with Gasteiger partial charge in [-0.05, 0) is 30.5 Å². The molecule has 0 fully saturated rings. The minimum absolute atomic E-state index is 0.0338. The van der Waals surface area contributed by atoms with Crippen LogP contribution in [0.2, 0.25) is 0 Å². The molecule has 3 heterocycles. The van der Waals surface area contributed by atoms with Gasteiger partial charge in [-0.3, -0.25) is 0 Å². The second kappa shape index (κ2) is 6.89. The molecule has 0 spiro atoms. The van der Waals surface area contributed by atoms with Crippen molar-refractivity contribution in [3.8, 4) is 16.4 Å². The molecule has 0 N–H and O–H groups in total. The quantitative estimate of drug-likeness (QED) is 0.500. The highest BCUT2D eigenvalue weighted by molar-refractivity contribution is 7.13. The number of ether oxygens (including phenoxy) is 1. The Hall–Kier alpha value is -3.33. The Morgan fingerprint density at radius 2 is 2.04 bits per heavy atom. The first-order chi connectivity index (χ1) is 12.7. The number of thiophene rings is 1. The third-order valence-electron chi connectivity index (χ3n) is 3.43. The largest absolute Gasteiger partial charge is 0.450 e. The number of carbonyl (C=O) groups is 1. The lowest BCUT2D eigenvalue weighted by Gasteiger charge is -2.03. The summed E-state index contributed by atoms with van der Waals surface area (Å²) < 4.78 is 11.7. The molecular formula is C17H13N5O3S. The van der Waals surface area contributed by atoms with Gasteiger partial charge in [0, 0.05) is 0 Å². The zero-order valence-electron chi connectivity index (χ0n) is 13.7. The summed E-state index contributed by atoms with van der Waals surface area (Å²) in [5.74, 6) is 0.577. The lowest BCUT2D eigenvalue weighted by Crippen LogP contribution is -2.08. The van der Waals surface area contributed by atoms with E-state index in [0.29, 0.717) is 11.6 Å². The molecule has 26 heavy (non-hydrogen) atoms. The van der Waals surface area contributed by atoms with Crippen LogP contribution in [0.1, 0.15) is 22.3 Å². The van der Waals surface area contributed by atoms with E-state index in [4.69, 9.17) is 9.26 Å². The summed E-state index contributed by atoms with van der Waals surface area (Å²) in [6.07, 6.45) is 0. The van der Waals surface area contributed by atoms with Crippen LogP contribution in [0.15, 0.2) is 52.4 Å². The number of carbonyl (C=O) groups excluding carboxylic acids is 1. The smallest absolute Gasteiger partial charge is 0.378 e. The molecule has 0 unspecified atom stereocenters. The maximum absolute atomic E-state index is 12.3. The van der Waals surface area contributed by atoms with Crippen LogP contribution in [0.3, 0.4) is 0 Å². The molecule has 0 amide bonds. The van der Waals surface area contributed by atoms with Gasteiger partial charge in [0.25, 0.3) is 11.7 Å². The van der Waals surface area contributed by atoms with Crippen molar-refractivity contribution in [2.45, 2.75) is 13.5 Å². The van der Waals surface area contributed by atoms with Gasteiger partial charge in [0.2, 0.25) is 0 Å². The highest BCUT2D eigenvalue weighted by atomic mass is 32.1. The first-order valence-corrected chi connectivity index (χ1v) is 8.61. The van der Waals surface area contributed by atoms with Crippen LogP contribution in [0.5, 0.6) is 0 Å². The van der Waals surface area contributed by atoms with Crippen molar-refractivity contribution >= 4 is 17.3 Å². The molecule has 0 aliphatic carbocycles. The number of rotatable bonds is 5. The van der Waals surface area contributed by atoms with Crippen molar-refractivity contribution in [1.29, 1.82) is 0 Å². The van der Waals surface area contributed by atoms with Crippen molar-refractivity contribution < 1.29 is 14.1 Å². The number of hydrogen-bond donors (Lipinski definition) is 0. The molecular weight excluding hydrogens is 354 g/mol. The molecule has 0 aliphatic rings. The van der Waals surface area contributed by atoms with Crippen LogP contribution < -0.4 is 0 Å². The van der Waals surface area contributed by atoms with E-state index in [0.717, 1.165) is 10.6 Å². The Labute approximate surface area is 152 Å². The summed E-state index contributed by atoms with van der Waals surface area (Å²) in [5.41, 5.74) is 0.801. The maximum atomic E-state index is 12.3. The minimum atomic E-state index is -0.659. The fraction of sp³-hybridized carbons (Fsp3) is 0.118. The summed E-state index contributed by atoms with van der Waals surface area (Å²) in [6.45, 7) is 1.55. The van der Waals surface area contributed by atoms with Gasteiger partial charge in [0.15, 0.2) is 18.3 Å². The fourth-order valence-corrected chi connectivity index (χ4v) is 3.00. The van der Waals surface area contributed by atoms with Gasteiger partial charge in [-0.15, -0.1) is 16.4 Å². The number of para-hydroxylation sites is 1. The van der Waals surface area contributed by atoms with Crippen molar-refractivity contribution in [2.75, 3.05) is 0 Å². The number of esters is 1. The standard InChI is InChI=1S/C17H13N5O3S/c1-11-18-14(25-21-11)10-24-17(23)15-19-16(13-8-5-9-26-13)22(20-15)12-6-3-2-4-7-12/h2-9H,10H2,1H3. The van der Waals surface area contributed by atoms with Gasteiger partial charge in [-0.2, -0.15) is 9.97 Å². The molecule has 0 saturated carbocycles. The summed E-state index contributed by atoms with van der Waals surface area (Å²) in [5, 5.41) is 9.91. The second-order valence-corrected chi connectivity index (χ2v) is 6.24. The number of aromatic nitrogens is 5. The molecule has 9 heteroatoms. The molecule has 1 aromatic carbocycles. The Morgan fingerprint density at radius 1 is 1.19 bits per heavy atom. The van der Waals surface area contributed by atoms with Crippen LogP contribution in [0.25, 0.3) is 16.4 Å². The van der Waals surface area contributed by atoms with Gasteiger partial charge in [-0.25, -0.2) is 9.48 Å². The van der Waals surface area contributed by atoms with Crippen molar-refractivity contribution in [1.82, 2.24) is 24.9 Å². The third kappa shape index (κ3) is 3.24. The normalized spacial score (nSPS) is 10.8. The highest BCUT2D eigenvalue weighted by Gasteiger charge is 2.21. The molecule has 0 atom stereocenters. The van der Waals surface area contributed by atoms with E-state index in [1.807, 2.05) is 47.8 Å². The van der Waals surface area contributed by atoms with Crippen molar-refractivity contribution in [3.05, 3.63) is 65.4 Å². The van der Waals surface area contributed by atoms with Gasteiger partial charge in [-0.1, -0.05) is 29.4 Å². The topological polar surface area (TPSA) is 95.9 Å². The lowest BCUT2D eigenvalue weighted by molar-refractivity contribution is 0.0415. The van der Waals surface area contributed by atoms with E-state index < -0.39 is 5.97 Å². The van der Waals surface area contributed by atoms with E-state index >= 15 is 0 Å². The molecule has 3 aromatic heterocycles. The van der Waals surface area contributed by atoms with E-state index in [-0.39, 0.29) is 18.3 Å². The van der Waals surface area contributed by atoms with Crippen LogP contribution in [0.4, 0.5) is 0 Å². The second-order valence-electron chi connectivity index (χ2n) is 5.30. The lowest BCUT2D eigenvalue weighted by atomic mass is 10.3. The molecule has 0 aliphatic heterocycles. The fourth-order valence-electron chi connectivity index (χ4n) is 2.30. The average Bonchev–Trinajstić information content (AvgIpc) is 3.40. The Balaban J connectivity index is 1.63. The van der Waals surface area contributed by atoms with Crippen LogP contribution in [-0.2, 0) is 11.3 Å². The van der Waals surface area contributed by atoms with Crippen LogP contribution in [0, 0.1) is 6.92 Å². The molecule has 4 aromatic rings. The Kier molecular flexibility index (Phi) is 4.28. The number of nitrogens with zero attached hydrogens (tertiary/aromatic N) is 5. The van der Waals surface area contributed by atoms with Gasteiger partial charge >= 0.3 is 5.97 Å². The van der Waals surface area contributed by atoms with Gasteiger partial charge in [0.05, 0.1) is 10.6 Å². The van der Waals surface area contributed by atoms with E-state index in [1.165, 1.54) is 11.3 Å². The predicted molar refractivity (Wildman–Crippen MR) is 92.8 cm³/mol.